The first-order valence-corrected chi connectivity index (χ1v) is 9.39. The van der Waals surface area contributed by atoms with E-state index in [1.54, 1.807) is 24.6 Å². The van der Waals surface area contributed by atoms with Crippen LogP contribution in [0.25, 0.3) is 0 Å². The summed E-state index contributed by atoms with van der Waals surface area (Å²) >= 11 is 1.76. The minimum absolute atomic E-state index is 0. The van der Waals surface area contributed by atoms with Crippen molar-refractivity contribution in [2.45, 2.75) is 40.2 Å². The lowest BCUT2D eigenvalue weighted by Gasteiger charge is -2.13. The Morgan fingerprint density at radius 3 is 2.77 bits per heavy atom. The van der Waals surface area contributed by atoms with Gasteiger partial charge in [0.05, 0.1) is 17.3 Å². The molecule has 0 unspecified atom stereocenters. The average Bonchev–Trinajstić information content (AvgIpc) is 2.94. The third-order valence-corrected chi connectivity index (χ3v) is 4.80. The molecule has 0 aromatic carbocycles. The highest BCUT2D eigenvalue weighted by Gasteiger charge is 2.07. The van der Waals surface area contributed by atoms with E-state index in [4.69, 9.17) is 4.74 Å². The molecule has 2 aromatic heterocycles. The number of pyridine rings is 1. The molecule has 2 N–H and O–H groups in total. The Bertz CT molecular complexity index is 685. The number of hydrogen-bond acceptors (Lipinski definition) is 5. The van der Waals surface area contributed by atoms with Crippen LogP contribution in [0.1, 0.15) is 34.5 Å². The molecule has 0 aliphatic heterocycles. The van der Waals surface area contributed by atoms with Gasteiger partial charge in [-0.15, -0.1) is 35.3 Å². The first kappa shape index (κ1) is 22.6. The number of aromatic nitrogens is 2. The molecule has 0 amide bonds. The summed E-state index contributed by atoms with van der Waals surface area (Å²) in [5.74, 6) is 1.44. The van der Waals surface area contributed by atoms with Gasteiger partial charge in [0, 0.05) is 43.2 Å². The highest BCUT2D eigenvalue weighted by Crippen LogP contribution is 2.16. The standard InChI is InChI=1S/C18H27N5OS.HI/c1-5-11-24-17-15(7-6-9-20-17)12-22-18(19-4)21-10-8-16-23-13(2)14(3)25-16;/h6-7,9H,5,8,10-12H2,1-4H3,(H2,19,21,22);1H. The van der Waals surface area contributed by atoms with Gasteiger partial charge in [0.2, 0.25) is 5.88 Å². The van der Waals surface area contributed by atoms with E-state index in [-0.39, 0.29) is 24.0 Å². The summed E-state index contributed by atoms with van der Waals surface area (Å²) in [7, 11) is 1.77. The highest BCUT2D eigenvalue weighted by molar-refractivity contribution is 14.0. The van der Waals surface area contributed by atoms with Crippen LogP contribution < -0.4 is 15.4 Å². The monoisotopic (exact) mass is 489 g/mol. The molecule has 0 saturated heterocycles. The summed E-state index contributed by atoms with van der Waals surface area (Å²) < 4.78 is 5.69. The number of guanidine groups is 1. The fourth-order valence-corrected chi connectivity index (χ4v) is 3.15. The predicted octanol–water partition coefficient (Wildman–Crippen LogP) is 3.47. The summed E-state index contributed by atoms with van der Waals surface area (Å²) in [6.07, 6.45) is 3.60. The largest absolute Gasteiger partial charge is 0.477 e. The molecule has 26 heavy (non-hydrogen) atoms. The maximum Gasteiger partial charge on any atom is 0.218 e. The zero-order valence-corrected chi connectivity index (χ0v) is 19.0. The Labute approximate surface area is 176 Å². The number of nitrogens with one attached hydrogen (secondary N) is 2. The number of rotatable bonds is 8. The van der Waals surface area contributed by atoms with Crippen LogP contribution in [0.3, 0.4) is 0 Å². The van der Waals surface area contributed by atoms with E-state index in [2.05, 4.69) is 46.4 Å². The van der Waals surface area contributed by atoms with Gasteiger partial charge in [-0.05, 0) is 26.3 Å². The highest BCUT2D eigenvalue weighted by atomic mass is 127. The van der Waals surface area contributed by atoms with Crippen molar-refractivity contribution in [2.24, 2.45) is 4.99 Å². The van der Waals surface area contributed by atoms with E-state index in [0.29, 0.717) is 19.0 Å². The second kappa shape index (κ2) is 12.1. The van der Waals surface area contributed by atoms with Crippen molar-refractivity contribution in [3.8, 4) is 5.88 Å². The first-order chi connectivity index (χ1) is 12.1. The van der Waals surface area contributed by atoms with Crippen LogP contribution in [-0.2, 0) is 13.0 Å². The van der Waals surface area contributed by atoms with Crippen molar-refractivity contribution in [3.05, 3.63) is 39.5 Å². The number of aryl methyl sites for hydroxylation is 2. The zero-order valence-electron chi connectivity index (χ0n) is 15.8. The Morgan fingerprint density at radius 2 is 2.12 bits per heavy atom. The molecular weight excluding hydrogens is 461 g/mol. The van der Waals surface area contributed by atoms with Gasteiger partial charge in [0.15, 0.2) is 5.96 Å². The minimum Gasteiger partial charge on any atom is -0.477 e. The van der Waals surface area contributed by atoms with Crippen molar-refractivity contribution in [1.29, 1.82) is 0 Å². The molecule has 2 rings (SSSR count). The number of thiazole rings is 1. The van der Waals surface area contributed by atoms with E-state index < -0.39 is 0 Å². The SMILES string of the molecule is CCCOc1ncccc1CNC(=NC)NCCc1nc(C)c(C)s1.I. The summed E-state index contributed by atoms with van der Waals surface area (Å²) in [5, 5.41) is 7.78. The third-order valence-electron chi connectivity index (χ3n) is 3.67. The molecule has 0 aliphatic rings. The molecule has 0 fully saturated rings. The number of halogens is 1. The Kier molecular flexibility index (Phi) is 10.5. The Morgan fingerprint density at radius 1 is 1.31 bits per heavy atom. The summed E-state index contributed by atoms with van der Waals surface area (Å²) in [6, 6.07) is 3.93. The van der Waals surface area contributed by atoms with Gasteiger partial charge in [-0.1, -0.05) is 13.0 Å². The van der Waals surface area contributed by atoms with E-state index >= 15 is 0 Å². The Balaban J connectivity index is 0.00000338. The molecule has 8 heteroatoms. The smallest absolute Gasteiger partial charge is 0.218 e. The summed E-state index contributed by atoms with van der Waals surface area (Å²) in [6.45, 7) is 8.31. The third kappa shape index (κ3) is 7.06. The normalized spacial score (nSPS) is 11.0. The minimum atomic E-state index is 0. The van der Waals surface area contributed by atoms with E-state index in [9.17, 15) is 0 Å². The fourth-order valence-electron chi connectivity index (χ4n) is 2.22. The molecule has 0 radical (unpaired) electrons. The summed E-state index contributed by atoms with van der Waals surface area (Å²) in [5.41, 5.74) is 2.14. The zero-order chi connectivity index (χ0) is 18.1. The molecule has 0 aliphatic carbocycles. The van der Waals surface area contributed by atoms with Crippen LogP contribution in [0.4, 0.5) is 0 Å². The van der Waals surface area contributed by atoms with Crippen molar-refractivity contribution >= 4 is 41.3 Å². The average molecular weight is 489 g/mol. The molecule has 2 aromatic rings. The van der Waals surface area contributed by atoms with Crippen LogP contribution in [0.15, 0.2) is 23.3 Å². The predicted molar refractivity (Wildman–Crippen MR) is 119 cm³/mol. The van der Waals surface area contributed by atoms with Gasteiger partial charge in [0.1, 0.15) is 0 Å². The molecule has 144 valence electrons. The van der Waals surface area contributed by atoms with Crippen LogP contribution in [0.5, 0.6) is 5.88 Å². The van der Waals surface area contributed by atoms with Crippen molar-refractivity contribution in [1.82, 2.24) is 20.6 Å². The first-order valence-electron chi connectivity index (χ1n) is 8.58. The molecule has 0 saturated carbocycles. The fraction of sp³-hybridized carbons (Fsp3) is 0.500. The lowest BCUT2D eigenvalue weighted by molar-refractivity contribution is 0.301. The van der Waals surface area contributed by atoms with Crippen LogP contribution in [-0.4, -0.2) is 36.1 Å². The number of hydrogen-bond donors (Lipinski definition) is 2. The van der Waals surface area contributed by atoms with Gasteiger partial charge in [-0.25, -0.2) is 9.97 Å². The van der Waals surface area contributed by atoms with Gasteiger partial charge in [-0.2, -0.15) is 0 Å². The van der Waals surface area contributed by atoms with Crippen LogP contribution in [0, 0.1) is 13.8 Å². The van der Waals surface area contributed by atoms with Crippen molar-refractivity contribution in [3.63, 3.8) is 0 Å². The second-order valence-electron chi connectivity index (χ2n) is 5.67. The van der Waals surface area contributed by atoms with Gasteiger partial charge < -0.3 is 15.4 Å². The lowest BCUT2D eigenvalue weighted by atomic mass is 10.2. The van der Waals surface area contributed by atoms with Gasteiger partial charge in [-0.3, -0.25) is 4.99 Å². The number of aliphatic imine (C=N–C) groups is 1. The molecule has 0 spiro atoms. The van der Waals surface area contributed by atoms with Crippen LogP contribution >= 0.6 is 35.3 Å². The van der Waals surface area contributed by atoms with E-state index in [0.717, 1.165) is 41.6 Å². The van der Waals surface area contributed by atoms with Crippen LogP contribution in [0.2, 0.25) is 0 Å². The maximum absolute atomic E-state index is 5.69. The van der Waals surface area contributed by atoms with Crippen molar-refractivity contribution in [2.75, 3.05) is 20.2 Å². The molecule has 0 bridgehead atoms. The quantitative estimate of drug-likeness (QED) is 0.338. The van der Waals surface area contributed by atoms with Gasteiger partial charge in [0.25, 0.3) is 0 Å². The summed E-state index contributed by atoms with van der Waals surface area (Å²) in [4.78, 5) is 14.4. The molecule has 6 nitrogen and oxygen atoms in total. The molecule has 2 heterocycles. The number of nitrogens with zero attached hydrogens (tertiary/aromatic N) is 3. The van der Waals surface area contributed by atoms with Gasteiger partial charge >= 0.3 is 0 Å². The Hall–Kier alpha value is -1.42. The second-order valence-corrected chi connectivity index (χ2v) is 6.96. The van der Waals surface area contributed by atoms with E-state index in [1.807, 2.05) is 12.1 Å². The number of ether oxygens (including phenoxy) is 1. The topological polar surface area (TPSA) is 71.4 Å². The van der Waals surface area contributed by atoms with Crippen molar-refractivity contribution < 1.29 is 4.74 Å². The lowest BCUT2D eigenvalue weighted by Crippen LogP contribution is -2.38. The molecule has 0 atom stereocenters. The molecular formula is C18H28IN5OS. The van der Waals surface area contributed by atoms with E-state index in [1.165, 1.54) is 4.88 Å². The maximum atomic E-state index is 5.69.